The molecule has 102 valence electrons. The molecule has 3 nitrogen and oxygen atoms in total. The van der Waals surface area contributed by atoms with Gasteiger partial charge in [-0.3, -0.25) is 0 Å². The first-order valence-corrected chi connectivity index (χ1v) is 7.60. The third kappa shape index (κ3) is 3.95. The van der Waals surface area contributed by atoms with Crippen molar-refractivity contribution in [1.29, 1.82) is 0 Å². The first-order valence-electron chi connectivity index (χ1n) is 6.61. The molecule has 0 aliphatic heterocycles. The molecule has 2 unspecified atom stereocenters. The summed E-state index contributed by atoms with van der Waals surface area (Å²) in [5.41, 5.74) is 3.38. The van der Waals surface area contributed by atoms with E-state index in [-0.39, 0.29) is 0 Å². The van der Waals surface area contributed by atoms with Crippen LogP contribution in [0.1, 0.15) is 37.2 Å². The summed E-state index contributed by atoms with van der Waals surface area (Å²) in [6, 6.07) is 0.519. The van der Waals surface area contributed by atoms with Gasteiger partial charge >= 0.3 is 0 Å². The van der Waals surface area contributed by atoms with Crippen LogP contribution in [0.25, 0.3) is 0 Å². The van der Waals surface area contributed by atoms with E-state index in [1.165, 1.54) is 12.0 Å². The van der Waals surface area contributed by atoms with Crippen molar-refractivity contribution in [2.75, 3.05) is 12.8 Å². The van der Waals surface area contributed by atoms with Crippen LogP contribution in [0.2, 0.25) is 0 Å². The maximum Gasteiger partial charge on any atom is 0.188 e. The Balaban J connectivity index is 2.68. The summed E-state index contributed by atoms with van der Waals surface area (Å²) in [6.07, 6.45) is 1.19. The van der Waals surface area contributed by atoms with E-state index in [1.807, 2.05) is 7.05 Å². The van der Waals surface area contributed by atoms with Crippen LogP contribution >= 0.6 is 11.8 Å². The minimum atomic E-state index is 0.519. The Hall–Kier alpha value is -0.610. The Morgan fingerprint density at radius 1 is 1.17 bits per heavy atom. The quantitative estimate of drug-likeness (QED) is 0.635. The van der Waals surface area contributed by atoms with E-state index < -0.39 is 0 Å². The minimum absolute atomic E-state index is 0.519. The molecule has 1 rings (SSSR count). The van der Waals surface area contributed by atoms with Crippen molar-refractivity contribution in [3.63, 3.8) is 0 Å². The van der Waals surface area contributed by atoms with Crippen LogP contribution in [0.3, 0.4) is 0 Å². The van der Waals surface area contributed by atoms with E-state index in [2.05, 4.69) is 49.9 Å². The third-order valence-electron chi connectivity index (χ3n) is 3.71. The number of thioether (sulfide) groups is 1. The largest absolute Gasteiger partial charge is 0.316 e. The smallest absolute Gasteiger partial charge is 0.188 e. The van der Waals surface area contributed by atoms with Gasteiger partial charge < -0.3 is 5.32 Å². The maximum atomic E-state index is 4.55. The first kappa shape index (κ1) is 15.4. The number of hydrogen-bond donors (Lipinski definition) is 1. The lowest BCUT2D eigenvalue weighted by atomic mass is 10.0. The fourth-order valence-electron chi connectivity index (χ4n) is 1.79. The van der Waals surface area contributed by atoms with Crippen LogP contribution in [0, 0.1) is 26.7 Å². The summed E-state index contributed by atoms with van der Waals surface area (Å²) in [4.78, 5) is 9.10. The minimum Gasteiger partial charge on any atom is -0.316 e. The van der Waals surface area contributed by atoms with E-state index in [0.717, 1.165) is 22.3 Å². The molecule has 0 amide bonds. The van der Waals surface area contributed by atoms with Crippen molar-refractivity contribution < 1.29 is 0 Å². The number of hydrogen-bond acceptors (Lipinski definition) is 4. The highest BCUT2D eigenvalue weighted by Gasteiger charge is 2.15. The second-order valence-electron chi connectivity index (χ2n) is 4.89. The second-order valence-corrected chi connectivity index (χ2v) is 5.88. The number of rotatable bonds is 6. The Kier molecular flexibility index (Phi) is 6.09. The van der Waals surface area contributed by atoms with Gasteiger partial charge in [-0.15, -0.1) is 0 Å². The van der Waals surface area contributed by atoms with Gasteiger partial charge in [-0.25, -0.2) is 9.97 Å². The SMILES string of the molecule is CCC(C)C(CSc1nc(C)c(C)c(C)n1)NC. The highest BCUT2D eigenvalue weighted by molar-refractivity contribution is 7.99. The van der Waals surface area contributed by atoms with Crippen molar-refractivity contribution in [2.45, 2.75) is 52.2 Å². The topological polar surface area (TPSA) is 37.8 Å². The molecule has 0 aliphatic rings. The van der Waals surface area contributed by atoms with Gasteiger partial charge in [-0.1, -0.05) is 32.0 Å². The molecule has 2 atom stereocenters. The monoisotopic (exact) mass is 267 g/mol. The lowest BCUT2D eigenvalue weighted by Crippen LogP contribution is -2.34. The molecule has 4 heteroatoms. The summed E-state index contributed by atoms with van der Waals surface area (Å²) in [7, 11) is 2.03. The van der Waals surface area contributed by atoms with E-state index in [4.69, 9.17) is 0 Å². The van der Waals surface area contributed by atoms with Gasteiger partial charge in [-0.2, -0.15) is 0 Å². The fraction of sp³-hybridized carbons (Fsp3) is 0.714. The zero-order chi connectivity index (χ0) is 13.7. The van der Waals surface area contributed by atoms with E-state index >= 15 is 0 Å². The van der Waals surface area contributed by atoms with Crippen molar-refractivity contribution in [1.82, 2.24) is 15.3 Å². The molecule has 0 bridgehead atoms. The molecule has 0 saturated carbocycles. The van der Waals surface area contributed by atoms with Gasteiger partial charge in [0.1, 0.15) is 0 Å². The van der Waals surface area contributed by atoms with Crippen LogP contribution < -0.4 is 5.32 Å². The summed E-state index contributed by atoms with van der Waals surface area (Å²) in [6.45, 7) is 10.7. The fourth-order valence-corrected chi connectivity index (χ4v) is 3.01. The van der Waals surface area contributed by atoms with Gasteiger partial charge in [0, 0.05) is 23.2 Å². The Labute approximate surface area is 115 Å². The summed E-state index contributed by atoms with van der Waals surface area (Å²) in [5, 5.41) is 4.29. The molecule has 0 radical (unpaired) electrons. The Morgan fingerprint density at radius 2 is 1.72 bits per heavy atom. The molecule has 0 saturated heterocycles. The van der Waals surface area contributed by atoms with Crippen LogP contribution in [0.15, 0.2) is 5.16 Å². The maximum absolute atomic E-state index is 4.55. The van der Waals surface area contributed by atoms with Gasteiger partial charge in [0.2, 0.25) is 0 Å². The van der Waals surface area contributed by atoms with Gasteiger partial charge in [-0.05, 0) is 39.3 Å². The van der Waals surface area contributed by atoms with Crippen LogP contribution in [0.4, 0.5) is 0 Å². The number of aromatic nitrogens is 2. The molecule has 1 aromatic heterocycles. The molecule has 0 spiro atoms. The number of aryl methyl sites for hydroxylation is 2. The highest BCUT2D eigenvalue weighted by Crippen LogP contribution is 2.20. The van der Waals surface area contributed by atoms with Gasteiger partial charge in [0.05, 0.1) is 0 Å². The van der Waals surface area contributed by atoms with Crippen LogP contribution in [-0.2, 0) is 0 Å². The standard InChI is InChI=1S/C14H25N3S/c1-7-9(2)13(15-6)8-18-14-16-11(4)10(3)12(5)17-14/h9,13,15H,7-8H2,1-6H3. The van der Waals surface area contributed by atoms with E-state index in [0.29, 0.717) is 12.0 Å². The van der Waals surface area contributed by atoms with Crippen molar-refractivity contribution in [3.05, 3.63) is 17.0 Å². The summed E-state index contributed by atoms with van der Waals surface area (Å²) >= 11 is 1.75. The Bertz CT molecular complexity index is 370. The molecule has 0 aromatic carbocycles. The average Bonchev–Trinajstić information content (AvgIpc) is 2.36. The molecule has 1 N–H and O–H groups in total. The predicted molar refractivity (Wildman–Crippen MR) is 79.3 cm³/mol. The van der Waals surface area contributed by atoms with E-state index in [9.17, 15) is 0 Å². The molecular weight excluding hydrogens is 242 g/mol. The summed E-state index contributed by atoms with van der Waals surface area (Å²) < 4.78 is 0. The van der Waals surface area contributed by atoms with Crippen LogP contribution in [0.5, 0.6) is 0 Å². The number of nitrogens with zero attached hydrogens (tertiary/aromatic N) is 2. The van der Waals surface area contributed by atoms with Gasteiger partial charge in [0.25, 0.3) is 0 Å². The van der Waals surface area contributed by atoms with Crippen molar-refractivity contribution in [3.8, 4) is 0 Å². The van der Waals surface area contributed by atoms with Gasteiger partial charge in [0.15, 0.2) is 5.16 Å². The normalized spacial score (nSPS) is 14.6. The average molecular weight is 267 g/mol. The van der Waals surface area contributed by atoms with E-state index in [1.54, 1.807) is 11.8 Å². The van der Waals surface area contributed by atoms with Crippen LogP contribution in [-0.4, -0.2) is 28.8 Å². The first-order chi connectivity index (χ1) is 8.49. The van der Waals surface area contributed by atoms with Crippen molar-refractivity contribution in [2.24, 2.45) is 5.92 Å². The lowest BCUT2D eigenvalue weighted by molar-refractivity contribution is 0.420. The molecule has 18 heavy (non-hydrogen) atoms. The zero-order valence-corrected chi connectivity index (χ0v) is 13.2. The molecule has 0 aliphatic carbocycles. The second kappa shape index (κ2) is 7.10. The molecular formula is C14H25N3S. The predicted octanol–water partition coefficient (Wildman–Crippen LogP) is 3.13. The molecule has 1 heterocycles. The third-order valence-corrected chi connectivity index (χ3v) is 4.67. The lowest BCUT2D eigenvalue weighted by Gasteiger charge is -2.21. The number of nitrogens with one attached hydrogen (secondary N) is 1. The molecule has 1 aromatic rings. The molecule has 0 fully saturated rings. The Morgan fingerprint density at radius 3 is 2.17 bits per heavy atom. The summed E-state index contributed by atoms with van der Waals surface area (Å²) in [5.74, 6) is 1.70. The highest BCUT2D eigenvalue weighted by atomic mass is 32.2. The zero-order valence-electron chi connectivity index (χ0n) is 12.4. The van der Waals surface area contributed by atoms with Crippen molar-refractivity contribution >= 4 is 11.8 Å².